The van der Waals surface area contributed by atoms with E-state index in [1.807, 2.05) is 4.35 Å². The molecule has 0 saturated heterocycles. The maximum atomic E-state index is 5.55. The summed E-state index contributed by atoms with van der Waals surface area (Å²) in [6.07, 6.45) is 1.69. The van der Waals surface area contributed by atoms with Gasteiger partial charge in [-0.15, -0.1) is 5.10 Å². The van der Waals surface area contributed by atoms with Crippen LogP contribution in [0.2, 0.25) is 24.9 Å². The Bertz CT molecular complexity index is 227. The van der Waals surface area contributed by atoms with Gasteiger partial charge in [0, 0.05) is 0 Å². The third kappa shape index (κ3) is 1.57. The van der Waals surface area contributed by atoms with Crippen molar-refractivity contribution in [3.8, 4) is 0 Å². The van der Waals surface area contributed by atoms with Gasteiger partial charge in [-0.3, -0.25) is 4.35 Å². The Morgan fingerprint density at radius 2 is 2.10 bits per heavy atom. The molecule has 1 aromatic rings. The van der Waals surface area contributed by atoms with E-state index in [4.69, 9.17) is 11.6 Å². The Balaban J connectivity index is 2.96. The van der Waals surface area contributed by atoms with Crippen molar-refractivity contribution in [2.75, 3.05) is 0 Å². The highest BCUT2D eigenvalue weighted by molar-refractivity contribution is 6.74. The molecule has 0 radical (unpaired) electrons. The van der Waals surface area contributed by atoms with Gasteiger partial charge in [0.05, 0.1) is 0 Å². The van der Waals surface area contributed by atoms with E-state index in [9.17, 15) is 0 Å². The second-order valence-corrected chi connectivity index (χ2v) is 8.27. The molecular formula is C5H10ClN3Si. The van der Waals surface area contributed by atoms with Crippen molar-refractivity contribution in [3.05, 3.63) is 11.6 Å². The summed E-state index contributed by atoms with van der Waals surface area (Å²) in [5.41, 5.74) is 0. The third-order valence-electron chi connectivity index (χ3n) is 1.15. The quantitative estimate of drug-likeness (QED) is 0.608. The fourth-order valence-electron chi connectivity index (χ4n) is 0.566. The predicted molar refractivity (Wildman–Crippen MR) is 43.8 cm³/mol. The molecule has 0 aromatic carbocycles. The summed E-state index contributed by atoms with van der Waals surface area (Å²) in [7, 11) is -1.35. The van der Waals surface area contributed by atoms with Crippen molar-refractivity contribution in [2.45, 2.75) is 19.6 Å². The number of rotatable bonds is 1. The summed E-state index contributed by atoms with van der Waals surface area (Å²) in [6.45, 7) is 6.54. The van der Waals surface area contributed by atoms with Crippen LogP contribution in [0.1, 0.15) is 0 Å². The molecule has 0 fully saturated rings. The lowest BCUT2D eigenvalue weighted by Gasteiger charge is -2.14. The molecule has 0 aliphatic rings. The molecule has 0 N–H and O–H groups in total. The molecular weight excluding hydrogens is 166 g/mol. The molecule has 1 rings (SSSR count). The van der Waals surface area contributed by atoms with Gasteiger partial charge >= 0.3 is 0 Å². The van der Waals surface area contributed by atoms with Crippen LogP contribution in [-0.2, 0) is 0 Å². The number of aromatic nitrogens is 3. The Kier molecular flexibility index (Phi) is 1.83. The number of nitrogens with zero attached hydrogens (tertiary/aromatic N) is 3. The highest BCUT2D eigenvalue weighted by Gasteiger charge is 2.17. The van der Waals surface area contributed by atoms with Crippen LogP contribution in [0.3, 0.4) is 0 Å². The highest BCUT2D eigenvalue weighted by Crippen LogP contribution is 2.05. The van der Waals surface area contributed by atoms with Gasteiger partial charge in [-0.2, -0.15) is 0 Å². The number of hydrogen-bond donors (Lipinski definition) is 0. The molecule has 0 spiro atoms. The molecule has 0 aliphatic heterocycles. The first-order valence-electron chi connectivity index (χ1n) is 3.08. The van der Waals surface area contributed by atoms with Crippen LogP contribution in [-0.4, -0.2) is 22.7 Å². The SMILES string of the molecule is C[Si](C)(C)n1cnc(Cl)n1. The molecule has 0 aliphatic carbocycles. The molecule has 5 heteroatoms. The van der Waals surface area contributed by atoms with E-state index in [1.165, 1.54) is 0 Å². The van der Waals surface area contributed by atoms with Gasteiger partial charge < -0.3 is 0 Å². The van der Waals surface area contributed by atoms with E-state index in [0.717, 1.165) is 0 Å². The first-order chi connectivity index (χ1) is 4.50. The zero-order valence-electron chi connectivity index (χ0n) is 6.30. The molecule has 0 bridgehead atoms. The fraction of sp³-hybridized carbons (Fsp3) is 0.600. The highest BCUT2D eigenvalue weighted by atomic mass is 35.5. The summed E-state index contributed by atoms with van der Waals surface area (Å²) < 4.78 is 1.87. The zero-order chi connectivity index (χ0) is 7.78. The standard InChI is InChI=1S/C5H10ClN3Si/c1-10(2,3)9-4-7-5(6)8-9/h4H,1-3H3. The minimum absolute atomic E-state index is 0.336. The first-order valence-corrected chi connectivity index (χ1v) is 6.90. The lowest BCUT2D eigenvalue weighted by atomic mass is 11.3. The van der Waals surface area contributed by atoms with Crippen molar-refractivity contribution in [1.29, 1.82) is 0 Å². The summed E-state index contributed by atoms with van der Waals surface area (Å²) in [5, 5.41) is 4.35. The maximum absolute atomic E-state index is 5.55. The summed E-state index contributed by atoms with van der Waals surface area (Å²) in [4.78, 5) is 3.84. The van der Waals surface area contributed by atoms with Gasteiger partial charge in [0.2, 0.25) is 5.28 Å². The number of halogens is 1. The van der Waals surface area contributed by atoms with Crippen molar-refractivity contribution >= 4 is 19.8 Å². The second kappa shape index (κ2) is 2.36. The first kappa shape index (κ1) is 7.75. The van der Waals surface area contributed by atoms with Gasteiger partial charge in [-0.25, -0.2) is 4.98 Å². The molecule has 0 saturated carbocycles. The monoisotopic (exact) mass is 175 g/mol. The number of hydrogen-bond acceptors (Lipinski definition) is 2. The van der Waals surface area contributed by atoms with E-state index < -0.39 is 8.24 Å². The largest absolute Gasteiger partial charge is 0.282 e. The van der Waals surface area contributed by atoms with Crippen LogP contribution in [0.5, 0.6) is 0 Å². The molecule has 1 heterocycles. The Labute approximate surface area is 66.1 Å². The Morgan fingerprint density at radius 1 is 1.50 bits per heavy atom. The van der Waals surface area contributed by atoms with E-state index in [1.54, 1.807) is 6.33 Å². The summed E-state index contributed by atoms with van der Waals surface area (Å²) >= 11 is 5.55. The Hall–Kier alpha value is -0.353. The van der Waals surface area contributed by atoms with Crippen LogP contribution in [0, 0.1) is 0 Å². The molecule has 56 valence electrons. The second-order valence-electron chi connectivity index (χ2n) is 3.13. The molecule has 10 heavy (non-hydrogen) atoms. The zero-order valence-corrected chi connectivity index (χ0v) is 8.05. The Morgan fingerprint density at radius 3 is 2.30 bits per heavy atom. The van der Waals surface area contributed by atoms with Crippen LogP contribution < -0.4 is 0 Å². The predicted octanol–water partition coefficient (Wildman–Crippen LogP) is 1.61. The fourth-order valence-corrected chi connectivity index (χ4v) is 1.55. The van der Waals surface area contributed by atoms with Gasteiger partial charge in [-0.1, -0.05) is 0 Å². The van der Waals surface area contributed by atoms with Crippen molar-refractivity contribution in [3.63, 3.8) is 0 Å². The van der Waals surface area contributed by atoms with Crippen LogP contribution in [0.4, 0.5) is 0 Å². The van der Waals surface area contributed by atoms with Crippen LogP contribution in [0.15, 0.2) is 6.33 Å². The lowest BCUT2D eigenvalue weighted by molar-refractivity contribution is 0.933. The summed E-state index contributed by atoms with van der Waals surface area (Å²) in [6, 6.07) is 0. The normalized spacial score (nSPS) is 12.0. The van der Waals surface area contributed by atoms with Gasteiger partial charge in [-0.05, 0) is 31.2 Å². The third-order valence-corrected chi connectivity index (χ3v) is 2.91. The average Bonchev–Trinajstić information content (AvgIpc) is 2.11. The van der Waals surface area contributed by atoms with Gasteiger partial charge in [0.1, 0.15) is 6.33 Å². The molecule has 1 aromatic heterocycles. The molecule has 0 atom stereocenters. The van der Waals surface area contributed by atoms with Crippen molar-refractivity contribution in [2.24, 2.45) is 0 Å². The lowest BCUT2D eigenvalue weighted by Crippen LogP contribution is -2.32. The van der Waals surface area contributed by atoms with E-state index in [2.05, 4.69) is 29.7 Å². The van der Waals surface area contributed by atoms with Crippen molar-refractivity contribution in [1.82, 2.24) is 14.4 Å². The maximum Gasteiger partial charge on any atom is 0.241 e. The molecule has 0 amide bonds. The minimum Gasteiger partial charge on any atom is -0.282 e. The topological polar surface area (TPSA) is 30.7 Å². The van der Waals surface area contributed by atoms with Crippen LogP contribution >= 0.6 is 11.6 Å². The smallest absolute Gasteiger partial charge is 0.241 e. The average molecular weight is 176 g/mol. The molecule has 3 nitrogen and oxygen atoms in total. The molecule has 0 unspecified atom stereocenters. The van der Waals surface area contributed by atoms with Crippen molar-refractivity contribution < 1.29 is 0 Å². The van der Waals surface area contributed by atoms with Gasteiger partial charge in [0.15, 0.2) is 8.24 Å². The van der Waals surface area contributed by atoms with E-state index in [-0.39, 0.29) is 0 Å². The van der Waals surface area contributed by atoms with Gasteiger partial charge in [0.25, 0.3) is 0 Å². The van der Waals surface area contributed by atoms with E-state index in [0.29, 0.717) is 5.28 Å². The van der Waals surface area contributed by atoms with Crippen LogP contribution in [0.25, 0.3) is 0 Å². The van der Waals surface area contributed by atoms with E-state index >= 15 is 0 Å². The summed E-state index contributed by atoms with van der Waals surface area (Å²) in [5.74, 6) is 0. The minimum atomic E-state index is -1.35.